The van der Waals surface area contributed by atoms with Crippen molar-refractivity contribution in [2.75, 3.05) is 14.2 Å². The maximum atomic E-state index is 9.57. The molecule has 0 aromatic heterocycles. The van der Waals surface area contributed by atoms with Crippen LogP contribution < -0.4 is 0 Å². The Kier molecular flexibility index (Phi) is 5.56. The van der Waals surface area contributed by atoms with Crippen molar-refractivity contribution < 1.29 is 9.47 Å². The lowest BCUT2D eigenvalue weighted by Gasteiger charge is -2.39. The molecule has 19 heavy (non-hydrogen) atoms. The van der Waals surface area contributed by atoms with Crippen LogP contribution in [0.5, 0.6) is 0 Å². The Bertz CT molecular complexity index is 323. The van der Waals surface area contributed by atoms with Crippen molar-refractivity contribution in [3.63, 3.8) is 0 Å². The van der Waals surface area contributed by atoms with Crippen molar-refractivity contribution in [3.8, 4) is 6.07 Å². The Morgan fingerprint density at radius 1 is 1.05 bits per heavy atom. The molecule has 2 rings (SSSR count). The topological polar surface area (TPSA) is 42.2 Å². The Labute approximate surface area is 121 Å². The molecule has 0 aliphatic heterocycles. The molecule has 2 saturated carbocycles. The number of nitrogens with zero attached hydrogens (tertiary/aromatic N) is 1. The number of rotatable bonds is 4. The summed E-state index contributed by atoms with van der Waals surface area (Å²) in [6, 6.07) is 2.61. The highest BCUT2D eigenvalue weighted by Crippen LogP contribution is 2.45. The lowest BCUT2D eigenvalue weighted by Crippen LogP contribution is -2.39. The molecule has 2 aliphatic carbocycles. The molecule has 0 heterocycles. The summed E-state index contributed by atoms with van der Waals surface area (Å²) in [4.78, 5) is 0. The smallest absolute Gasteiger partial charge is 0.103 e. The van der Waals surface area contributed by atoms with Crippen molar-refractivity contribution in [2.24, 2.45) is 0 Å². The lowest BCUT2D eigenvalue weighted by atomic mass is 9.89. The third-order valence-electron chi connectivity index (χ3n) is 4.55. The third kappa shape index (κ3) is 3.65. The molecule has 2 fully saturated rings. The van der Waals surface area contributed by atoms with Crippen LogP contribution in [0.1, 0.15) is 51.4 Å². The average molecular weight is 283 g/mol. The zero-order valence-electron chi connectivity index (χ0n) is 12.1. The zero-order chi connectivity index (χ0) is 13.7. The van der Waals surface area contributed by atoms with Crippen molar-refractivity contribution in [1.82, 2.24) is 0 Å². The molecule has 108 valence electrons. The predicted octanol–water partition coefficient (Wildman–Crippen LogP) is 3.53. The van der Waals surface area contributed by atoms with Gasteiger partial charge in [-0.2, -0.15) is 5.26 Å². The molecular formula is C15H25NO2S. The van der Waals surface area contributed by atoms with Gasteiger partial charge in [-0.1, -0.05) is 19.3 Å². The van der Waals surface area contributed by atoms with E-state index in [0.717, 1.165) is 32.1 Å². The summed E-state index contributed by atoms with van der Waals surface area (Å²) >= 11 is 1.92. The van der Waals surface area contributed by atoms with Gasteiger partial charge in [0, 0.05) is 19.5 Å². The molecule has 0 saturated heterocycles. The first-order chi connectivity index (χ1) is 9.23. The second-order valence-electron chi connectivity index (χ2n) is 5.77. The van der Waals surface area contributed by atoms with Gasteiger partial charge in [0.15, 0.2) is 0 Å². The molecule has 0 spiro atoms. The van der Waals surface area contributed by atoms with E-state index in [1.165, 1.54) is 19.3 Å². The minimum atomic E-state index is -0.124. The van der Waals surface area contributed by atoms with E-state index in [1.807, 2.05) is 11.8 Å². The maximum Gasteiger partial charge on any atom is 0.103 e. The molecule has 0 aromatic carbocycles. The largest absolute Gasteiger partial charge is 0.379 e. The Balaban J connectivity index is 1.94. The summed E-state index contributed by atoms with van der Waals surface area (Å²) in [5.74, 6) is 0. The zero-order valence-corrected chi connectivity index (χ0v) is 12.9. The lowest BCUT2D eigenvalue weighted by molar-refractivity contribution is -0.0563. The van der Waals surface area contributed by atoms with Crippen LogP contribution >= 0.6 is 11.8 Å². The molecular weight excluding hydrogens is 258 g/mol. The van der Waals surface area contributed by atoms with Crippen molar-refractivity contribution >= 4 is 11.8 Å². The number of ether oxygens (including phenoxy) is 2. The first-order valence-corrected chi connectivity index (χ1v) is 8.25. The van der Waals surface area contributed by atoms with Crippen LogP contribution in [-0.4, -0.2) is 36.4 Å². The van der Waals surface area contributed by atoms with Crippen LogP contribution in [0.3, 0.4) is 0 Å². The first kappa shape index (κ1) is 15.2. The number of hydrogen-bond acceptors (Lipinski definition) is 4. The standard InChI is InChI=1S/C15H25NO2S/c1-17-13-7-6-12(10-14(13)18-2)19-15(11-16)8-4-3-5-9-15/h12-14H,3-10H2,1-2H3. The summed E-state index contributed by atoms with van der Waals surface area (Å²) in [5.41, 5.74) is 0. The predicted molar refractivity (Wildman–Crippen MR) is 78.3 cm³/mol. The van der Waals surface area contributed by atoms with Crippen LogP contribution in [-0.2, 0) is 9.47 Å². The van der Waals surface area contributed by atoms with E-state index in [9.17, 15) is 5.26 Å². The maximum absolute atomic E-state index is 9.57. The highest BCUT2D eigenvalue weighted by Gasteiger charge is 2.39. The Hall–Kier alpha value is -0.240. The van der Waals surface area contributed by atoms with Gasteiger partial charge in [-0.3, -0.25) is 0 Å². The van der Waals surface area contributed by atoms with Crippen LogP contribution in [0.4, 0.5) is 0 Å². The minimum absolute atomic E-state index is 0.124. The third-order valence-corrected chi connectivity index (χ3v) is 6.26. The second kappa shape index (κ2) is 6.97. The number of hydrogen-bond donors (Lipinski definition) is 0. The van der Waals surface area contributed by atoms with E-state index in [-0.39, 0.29) is 17.0 Å². The van der Waals surface area contributed by atoms with Crippen LogP contribution in [0.25, 0.3) is 0 Å². The fourth-order valence-corrected chi connectivity index (χ4v) is 5.14. The highest BCUT2D eigenvalue weighted by molar-refractivity contribution is 8.01. The molecule has 4 heteroatoms. The summed E-state index contributed by atoms with van der Waals surface area (Å²) in [6.07, 6.45) is 9.47. The Morgan fingerprint density at radius 2 is 1.74 bits per heavy atom. The monoisotopic (exact) mass is 283 g/mol. The van der Waals surface area contributed by atoms with Gasteiger partial charge in [-0.15, -0.1) is 11.8 Å². The second-order valence-corrected chi connectivity index (χ2v) is 7.45. The molecule has 3 atom stereocenters. The number of thioether (sulfide) groups is 1. The molecule has 0 radical (unpaired) electrons. The SMILES string of the molecule is COC1CCC(SC2(C#N)CCCCC2)CC1OC. The van der Waals surface area contributed by atoms with Gasteiger partial charge in [0.1, 0.15) is 4.75 Å². The van der Waals surface area contributed by atoms with E-state index >= 15 is 0 Å². The first-order valence-electron chi connectivity index (χ1n) is 7.37. The van der Waals surface area contributed by atoms with Crippen molar-refractivity contribution in [2.45, 2.75) is 73.6 Å². The molecule has 2 aliphatic rings. The molecule has 0 aromatic rings. The van der Waals surface area contributed by atoms with Crippen LogP contribution in [0.2, 0.25) is 0 Å². The summed E-state index contributed by atoms with van der Waals surface area (Å²) in [7, 11) is 3.53. The van der Waals surface area contributed by atoms with Crippen LogP contribution in [0.15, 0.2) is 0 Å². The number of nitriles is 1. The molecule has 0 amide bonds. The van der Waals surface area contributed by atoms with Gasteiger partial charge in [-0.25, -0.2) is 0 Å². The van der Waals surface area contributed by atoms with Crippen molar-refractivity contribution in [1.29, 1.82) is 5.26 Å². The average Bonchev–Trinajstić information content (AvgIpc) is 2.48. The molecule has 0 N–H and O–H groups in total. The molecule has 3 unspecified atom stereocenters. The fourth-order valence-electron chi connectivity index (χ4n) is 3.39. The highest BCUT2D eigenvalue weighted by atomic mass is 32.2. The van der Waals surface area contributed by atoms with Gasteiger partial charge in [0.2, 0.25) is 0 Å². The van der Waals surface area contributed by atoms with E-state index < -0.39 is 0 Å². The summed E-state index contributed by atoms with van der Waals surface area (Å²) < 4.78 is 10.9. The molecule has 0 bridgehead atoms. The van der Waals surface area contributed by atoms with E-state index in [1.54, 1.807) is 14.2 Å². The van der Waals surface area contributed by atoms with Crippen molar-refractivity contribution in [3.05, 3.63) is 0 Å². The summed E-state index contributed by atoms with van der Waals surface area (Å²) in [5, 5.41) is 10.1. The van der Waals surface area contributed by atoms with E-state index in [2.05, 4.69) is 6.07 Å². The van der Waals surface area contributed by atoms with Crippen LogP contribution in [0, 0.1) is 11.3 Å². The van der Waals surface area contributed by atoms with Gasteiger partial charge < -0.3 is 9.47 Å². The quantitative estimate of drug-likeness (QED) is 0.791. The Morgan fingerprint density at radius 3 is 2.32 bits per heavy atom. The van der Waals surface area contributed by atoms with E-state index in [4.69, 9.17) is 9.47 Å². The van der Waals surface area contributed by atoms with E-state index in [0.29, 0.717) is 5.25 Å². The van der Waals surface area contributed by atoms with Gasteiger partial charge >= 0.3 is 0 Å². The molecule has 3 nitrogen and oxygen atoms in total. The summed E-state index contributed by atoms with van der Waals surface area (Å²) in [6.45, 7) is 0. The fraction of sp³-hybridized carbons (Fsp3) is 0.933. The van der Waals surface area contributed by atoms with Gasteiger partial charge in [0.25, 0.3) is 0 Å². The minimum Gasteiger partial charge on any atom is -0.379 e. The number of methoxy groups -OCH3 is 2. The van der Waals surface area contributed by atoms with Gasteiger partial charge in [0.05, 0.1) is 18.3 Å². The van der Waals surface area contributed by atoms with Gasteiger partial charge in [-0.05, 0) is 32.1 Å². The normalized spacial score (nSPS) is 34.7.